The van der Waals surface area contributed by atoms with Gasteiger partial charge in [0, 0.05) is 23.5 Å². The zero-order valence-electron chi connectivity index (χ0n) is 17.2. The Balaban J connectivity index is 0.000000383. The first-order chi connectivity index (χ1) is 15.5. The molecule has 13 heteroatoms. The van der Waals surface area contributed by atoms with Crippen LogP contribution in [0, 0.1) is 5.92 Å². The Bertz CT molecular complexity index is 1110. The zero-order valence-corrected chi connectivity index (χ0v) is 21.1. The Morgan fingerprint density at radius 2 is 2.18 bits per heavy atom. The number of rotatable bonds is 4. The van der Waals surface area contributed by atoms with Gasteiger partial charge >= 0.3 is 12.1 Å². The van der Waals surface area contributed by atoms with Gasteiger partial charge in [0.05, 0.1) is 31.9 Å². The summed E-state index contributed by atoms with van der Waals surface area (Å²) in [7, 11) is 0. The smallest absolute Gasteiger partial charge is 0.475 e. The van der Waals surface area contributed by atoms with E-state index >= 15 is 0 Å². The Morgan fingerprint density at radius 3 is 2.76 bits per heavy atom. The Labute approximate surface area is 209 Å². The molecule has 180 valence electrons. The van der Waals surface area contributed by atoms with Gasteiger partial charge in [-0.05, 0) is 39.7 Å². The van der Waals surface area contributed by atoms with Gasteiger partial charge in [-0.2, -0.15) is 13.2 Å². The molecule has 4 rings (SSSR count). The van der Waals surface area contributed by atoms with Gasteiger partial charge < -0.3 is 20.9 Å². The number of ether oxygens (including phenoxy) is 1. The number of carboxylic acid groups (broad SMARTS) is 1. The van der Waals surface area contributed by atoms with Crippen molar-refractivity contribution in [1.82, 2.24) is 4.98 Å². The lowest BCUT2D eigenvalue weighted by molar-refractivity contribution is -0.192. The second-order valence-corrected chi connectivity index (χ2v) is 10.7. The van der Waals surface area contributed by atoms with Gasteiger partial charge in [-0.3, -0.25) is 0 Å². The number of aliphatic carboxylic acids is 1. The number of aromatic nitrogens is 1. The van der Waals surface area contributed by atoms with E-state index in [0.29, 0.717) is 11.1 Å². The first-order valence-electron chi connectivity index (χ1n) is 9.69. The van der Waals surface area contributed by atoms with Crippen molar-refractivity contribution in [1.29, 1.82) is 0 Å². The quantitative estimate of drug-likeness (QED) is 0.304. The Kier molecular flexibility index (Phi) is 8.62. The highest BCUT2D eigenvalue weighted by atomic mass is 79.9. The van der Waals surface area contributed by atoms with Crippen LogP contribution in [0.5, 0.6) is 0 Å². The number of halogens is 5. The average Bonchev–Trinajstić information content (AvgIpc) is 3.35. The minimum Gasteiger partial charge on any atom is -0.475 e. The third-order valence-electron chi connectivity index (χ3n) is 4.74. The third-order valence-corrected chi connectivity index (χ3v) is 8.14. The summed E-state index contributed by atoms with van der Waals surface area (Å²) in [6, 6.07) is 6.04. The highest BCUT2D eigenvalue weighted by Crippen LogP contribution is 2.45. The molecule has 1 fully saturated rings. The van der Waals surface area contributed by atoms with Crippen molar-refractivity contribution >= 4 is 72.1 Å². The molecule has 0 amide bonds. The van der Waals surface area contributed by atoms with Crippen molar-refractivity contribution < 1.29 is 27.8 Å². The van der Waals surface area contributed by atoms with Gasteiger partial charge in [-0.25, -0.2) is 9.78 Å². The SMILES string of the molecule is C[C@H]1CO[C@@H](c2sc3c(NCc4cccs4)cc(Cl)nc3c2Br)[C@H](N)C1.O=C(O)C(F)(F)F. The summed E-state index contributed by atoms with van der Waals surface area (Å²) in [5, 5.41) is 13.2. The van der Waals surface area contributed by atoms with E-state index in [2.05, 4.69) is 50.7 Å². The van der Waals surface area contributed by atoms with Crippen LogP contribution in [0.2, 0.25) is 5.15 Å². The number of pyridine rings is 1. The molecule has 4 N–H and O–H groups in total. The van der Waals surface area contributed by atoms with Gasteiger partial charge in [0.1, 0.15) is 11.3 Å². The summed E-state index contributed by atoms with van der Waals surface area (Å²) >= 11 is 13.4. The van der Waals surface area contributed by atoms with E-state index < -0.39 is 12.1 Å². The van der Waals surface area contributed by atoms with Crippen molar-refractivity contribution in [2.45, 2.75) is 38.2 Å². The van der Waals surface area contributed by atoms with Gasteiger partial charge in [0.15, 0.2) is 0 Å². The number of thiophene rings is 2. The van der Waals surface area contributed by atoms with Crippen molar-refractivity contribution in [2.75, 3.05) is 11.9 Å². The largest absolute Gasteiger partial charge is 0.490 e. The van der Waals surface area contributed by atoms with Gasteiger partial charge in [-0.15, -0.1) is 22.7 Å². The molecule has 0 saturated carbocycles. The van der Waals surface area contributed by atoms with E-state index in [4.69, 9.17) is 32.0 Å². The van der Waals surface area contributed by atoms with Crippen LogP contribution in [0.1, 0.15) is 29.2 Å². The summed E-state index contributed by atoms with van der Waals surface area (Å²) in [5.41, 5.74) is 8.23. The molecule has 0 spiro atoms. The lowest BCUT2D eigenvalue weighted by Crippen LogP contribution is -2.37. The van der Waals surface area contributed by atoms with Crippen molar-refractivity contribution in [3.05, 3.63) is 43.0 Å². The first-order valence-corrected chi connectivity index (χ1v) is 12.6. The molecule has 6 nitrogen and oxygen atoms in total. The molecule has 0 radical (unpaired) electrons. The number of alkyl halides is 3. The number of carboxylic acids is 1. The maximum Gasteiger partial charge on any atom is 0.490 e. The molecular formula is C20H20BrClF3N3O3S2. The Morgan fingerprint density at radius 1 is 1.48 bits per heavy atom. The standard InChI is InChI=1S/C18H19BrClN3OS2.C2HF3O2/c1-9-5-11(21)16(24-8-9)18-14(19)15-17(26-18)12(6-13(20)23-15)22-7-10-3-2-4-25-10;3-2(4,5)1(6)7/h2-4,6,9,11,16H,5,7-8,21H2,1H3,(H,22,23);(H,6,7)/t9-,11-,16-;/m1./s1. The molecule has 0 unspecified atom stereocenters. The maximum absolute atomic E-state index is 10.6. The minimum atomic E-state index is -5.08. The zero-order chi connectivity index (χ0) is 24.3. The van der Waals surface area contributed by atoms with Crippen LogP contribution in [0.3, 0.4) is 0 Å². The molecule has 1 aliphatic rings. The molecule has 1 saturated heterocycles. The number of nitrogens with zero attached hydrogens (tertiary/aromatic N) is 1. The molecule has 1 aliphatic heterocycles. The van der Waals surface area contributed by atoms with Crippen molar-refractivity contribution in [2.24, 2.45) is 11.7 Å². The predicted octanol–water partition coefficient (Wildman–Crippen LogP) is 6.44. The van der Waals surface area contributed by atoms with E-state index in [1.54, 1.807) is 22.7 Å². The van der Waals surface area contributed by atoms with Crippen molar-refractivity contribution in [3.8, 4) is 0 Å². The van der Waals surface area contributed by atoms with Crippen LogP contribution in [-0.2, 0) is 16.1 Å². The molecular weight excluding hydrogens is 567 g/mol. The number of hydrogen-bond acceptors (Lipinski definition) is 7. The Hall–Kier alpha value is -1.44. The molecule has 3 aromatic heterocycles. The topological polar surface area (TPSA) is 97.5 Å². The van der Waals surface area contributed by atoms with Gasteiger partial charge in [0.2, 0.25) is 0 Å². The second kappa shape index (κ2) is 10.9. The van der Waals surface area contributed by atoms with Crippen LogP contribution < -0.4 is 11.1 Å². The molecule has 33 heavy (non-hydrogen) atoms. The van der Waals surface area contributed by atoms with E-state index in [-0.39, 0.29) is 12.1 Å². The van der Waals surface area contributed by atoms with Crippen LogP contribution in [0.15, 0.2) is 28.1 Å². The van der Waals surface area contributed by atoms with Crippen LogP contribution in [0.25, 0.3) is 10.2 Å². The highest BCUT2D eigenvalue weighted by molar-refractivity contribution is 9.10. The average molecular weight is 587 g/mol. The monoisotopic (exact) mass is 585 g/mol. The van der Waals surface area contributed by atoms with Gasteiger partial charge in [0.25, 0.3) is 0 Å². The number of nitrogens with one attached hydrogen (secondary N) is 1. The molecule has 0 aromatic carbocycles. The summed E-state index contributed by atoms with van der Waals surface area (Å²) in [6.07, 6.45) is -4.23. The number of carbonyl (C=O) groups is 1. The minimum absolute atomic E-state index is 0.0129. The fourth-order valence-corrected chi connectivity index (χ4v) is 6.23. The first kappa shape index (κ1) is 26.2. The van der Waals surface area contributed by atoms with E-state index in [1.165, 1.54) is 4.88 Å². The second-order valence-electron chi connectivity index (χ2n) is 7.45. The fraction of sp³-hybridized carbons (Fsp3) is 0.400. The maximum atomic E-state index is 10.6. The van der Waals surface area contributed by atoms with Crippen LogP contribution in [-0.4, -0.2) is 34.9 Å². The number of fused-ring (bicyclic) bond motifs is 1. The molecule has 0 bridgehead atoms. The number of hydrogen-bond donors (Lipinski definition) is 3. The summed E-state index contributed by atoms with van der Waals surface area (Å²) in [5.74, 6) is -2.27. The number of anilines is 1. The number of nitrogens with two attached hydrogens (primary N) is 1. The van der Waals surface area contributed by atoms with E-state index in [9.17, 15) is 13.2 Å². The van der Waals surface area contributed by atoms with E-state index in [1.807, 2.05) is 6.07 Å². The summed E-state index contributed by atoms with van der Waals surface area (Å²) in [6.45, 7) is 3.66. The molecule has 3 aromatic rings. The normalized spacial score (nSPS) is 20.9. The summed E-state index contributed by atoms with van der Waals surface area (Å²) in [4.78, 5) is 15.8. The molecule has 3 atom stereocenters. The lowest BCUT2D eigenvalue weighted by atomic mass is 9.95. The summed E-state index contributed by atoms with van der Waals surface area (Å²) < 4.78 is 39.8. The van der Waals surface area contributed by atoms with Crippen LogP contribution in [0.4, 0.5) is 18.9 Å². The predicted molar refractivity (Wildman–Crippen MR) is 128 cm³/mol. The van der Waals surface area contributed by atoms with Crippen molar-refractivity contribution in [3.63, 3.8) is 0 Å². The fourth-order valence-electron chi connectivity index (χ4n) is 3.25. The van der Waals surface area contributed by atoms with Gasteiger partial charge in [-0.1, -0.05) is 24.6 Å². The molecule has 0 aliphatic carbocycles. The van der Waals surface area contributed by atoms with Crippen LogP contribution >= 0.6 is 50.2 Å². The van der Waals surface area contributed by atoms with E-state index in [0.717, 1.165) is 44.8 Å². The highest BCUT2D eigenvalue weighted by Gasteiger charge is 2.38. The molecule has 4 heterocycles. The third kappa shape index (κ3) is 6.58. The lowest BCUT2D eigenvalue weighted by Gasteiger charge is -2.32.